The van der Waals surface area contributed by atoms with Crippen molar-refractivity contribution >= 4 is 11.6 Å². The molecule has 4 nitrogen and oxygen atoms in total. The fraction of sp³-hybridized carbons (Fsp3) is 0.812. The van der Waals surface area contributed by atoms with Crippen LogP contribution in [0.4, 0.5) is 0 Å². The number of methoxy groups -OCH3 is 1. The van der Waals surface area contributed by atoms with Crippen LogP contribution in [0.2, 0.25) is 5.02 Å². The lowest BCUT2D eigenvalue weighted by Gasteiger charge is -2.37. The summed E-state index contributed by atoms with van der Waals surface area (Å²) in [5, 5.41) is 5.24. The number of nitrogens with two attached hydrogens (primary N) is 1. The molecule has 1 atom stereocenters. The van der Waals surface area contributed by atoms with E-state index >= 15 is 0 Å². The van der Waals surface area contributed by atoms with Crippen molar-refractivity contribution in [1.82, 2.24) is 9.78 Å². The Morgan fingerprint density at radius 2 is 1.95 bits per heavy atom. The predicted octanol–water partition coefficient (Wildman–Crippen LogP) is 3.47. The SMILES string of the molecule is CCn1nc(C)c(Cl)c1CC(N)C1(OC)CCCCCC1. The Labute approximate surface area is 133 Å². The van der Waals surface area contributed by atoms with Gasteiger partial charge in [0.15, 0.2) is 0 Å². The summed E-state index contributed by atoms with van der Waals surface area (Å²) in [5.41, 5.74) is 8.29. The third-order valence-electron chi connectivity index (χ3n) is 4.90. The lowest BCUT2D eigenvalue weighted by Crippen LogP contribution is -2.50. The number of aromatic nitrogens is 2. The minimum atomic E-state index is -0.212. The molecule has 1 unspecified atom stereocenters. The van der Waals surface area contributed by atoms with E-state index in [4.69, 9.17) is 22.1 Å². The molecule has 0 saturated heterocycles. The molecule has 5 heteroatoms. The zero-order valence-electron chi connectivity index (χ0n) is 13.5. The number of hydrogen-bond donors (Lipinski definition) is 1. The second-order valence-electron chi connectivity index (χ2n) is 6.16. The molecule has 1 aliphatic rings. The highest BCUT2D eigenvalue weighted by molar-refractivity contribution is 6.31. The highest BCUT2D eigenvalue weighted by Gasteiger charge is 2.38. The van der Waals surface area contributed by atoms with Gasteiger partial charge in [0.05, 0.1) is 22.0 Å². The number of halogens is 1. The van der Waals surface area contributed by atoms with Crippen LogP contribution < -0.4 is 5.73 Å². The van der Waals surface area contributed by atoms with Crippen molar-refractivity contribution in [2.75, 3.05) is 7.11 Å². The van der Waals surface area contributed by atoms with Gasteiger partial charge in [0.25, 0.3) is 0 Å². The molecule has 1 saturated carbocycles. The molecule has 1 aliphatic carbocycles. The standard InChI is InChI=1S/C16H28ClN3O/c1-4-20-13(15(17)12(2)19-20)11-14(18)16(21-3)9-7-5-6-8-10-16/h14H,4-11,18H2,1-3H3. The second kappa shape index (κ2) is 7.12. The zero-order chi connectivity index (χ0) is 15.5. The van der Waals surface area contributed by atoms with Crippen molar-refractivity contribution in [3.63, 3.8) is 0 Å². The van der Waals surface area contributed by atoms with Crippen LogP contribution in [0.15, 0.2) is 0 Å². The molecule has 0 bridgehead atoms. The Morgan fingerprint density at radius 3 is 2.48 bits per heavy atom. The van der Waals surface area contributed by atoms with Crippen LogP contribution in [-0.4, -0.2) is 28.5 Å². The molecule has 0 amide bonds. The second-order valence-corrected chi connectivity index (χ2v) is 6.53. The largest absolute Gasteiger partial charge is 0.377 e. The molecule has 1 fully saturated rings. The average Bonchev–Trinajstić information content (AvgIpc) is 2.69. The molecular weight excluding hydrogens is 286 g/mol. The quantitative estimate of drug-likeness (QED) is 0.847. The first-order chi connectivity index (χ1) is 10.0. The summed E-state index contributed by atoms with van der Waals surface area (Å²) in [6.45, 7) is 4.84. The number of ether oxygens (including phenoxy) is 1. The van der Waals surface area contributed by atoms with Crippen molar-refractivity contribution in [3.05, 3.63) is 16.4 Å². The van der Waals surface area contributed by atoms with Gasteiger partial charge < -0.3 is 10.5 Å². The number of nitrogens with zero attached hydrogens (tertiary/aromatic N) is 2. The Bertz CT molecular complexity index is 464. The molecule has 2 rings (SSSR count). The first kappa shape index (κ1) is 16.8. The fourth-order valence-electron chi connectivity index (χ4n) is 3.51. The molecule has 0 spiro atoms. The molecule has 120 valence electrons. The Hall–Kier alpha value is -0.580. The lowest BCUT2D eigenvalue weighted by atomic mass is 9.84. The van der Waals surface area contributed by atoms with Gasteiger partial charge in [-0.05, 0) is 26.7 Å². The normalized spacial score (nSPS) is 20.2. The van der Waals surface area contributed by atoms with E-state index in [1.165, 1.54) is 25.7 Å². The third-order valence-corrected chi connectivity index (χ3v) is 5.39. The Kier molecular flexibility index (Phi) is 5.69. The van der Waals surface area contributed by atoms with Crippen LogP contribution >= 0.6 is 11.6 Å². The molecule has 0 radical (unpaired) electrons. The van der Waals surface area contributed by atoms with Gasteiger partial charge in [0.2, 0.25) is 0 Å². The highest BCUT2D eigenvalue weighted by Crippen LogP contribution is 2.34. The van der Waals surface area contributed by atoms with Gasteiger partial charge in [-0.2, -0.15) is 5.10 Å². The number of rotatable bonds is 5. The first-order valence-corrected chi connectivity index (χ1v) is 8.44. The van der Waals surface area contributed by atoms with E-state index in [1.54, 1.807) is 7.11 Å². The van der Waals surface area contributed by atoms with Crippen LogP contribution in [0.5, 0.6) is 0 Å². The van der Waals surface area contributed by atoms with Crippen molar-refractivity contribution in [2.45, 2.75) is 77.0 Å². The molecule has 0 aliphatic heterocycles. The van der Waals surface area contributed by atoms with Gasteiger partial charge in [0, 0.05) is 26.1 Å². The lowest BCUT2D eigenvalue weighted by molar-refractivity contribution is -0.0434. The summed E-state index contributed by atoms with van der Waals surface area (Å²) in [6, 6.07) is -0.0421. The monoisotopic (exact) mass is 313 g/mol. The molecular formula is C16H28ClN3O. The number of aryl methyl sites for hydroxylation is 2. The van der Waals surface area contributed by atoms with Gasteiger partial charge in [-0.25, -0.2) is 0 Å². The summed E-state index contributed by atoms with van der Waals surface area (Å²) in [5.74, 6) is 0. The van der Waals surface area contributed by atoms with Crippen LogP contribution in [0.25, 0.3) is 0 Å². The number of hydrogen-bond acceptors (Lipinski definition) is 3. The van der Waals surface area contributed by atoms with E-state index in [0.717, 1.165) is 42.2 Å². The van der Waals surface area contributed by atoms with E-state index in [1.807, 2.05) is 11.6 Å². The van der Waals surface area contributed by atoms with Crippen LogP contribution in [-0.2, 0) is 17.7 Å². The van der Waals surface area contributed by atoms with E-state index in [-0.39, 0.29) is 11.6 Å². The van der Waals surface area contributed by atoms with Crippen molar-refractivity contribution in [1.29, 1.82) is 0 Å². The van der Waals surface area contributed by atoms with E-state index < -0.39 is 0 Å². The van der Waals surface area contributed by atoms with Gasteiger partial charge in [-0.1, -0.05) is 37.3 Å². The summed E-state index contributed by atoms with van der Waals surface area (Å²) in [6.07, 6.45) is 7.77. The smallest absolute Gasteiger partial charge is 0.0847 e. The summed E-state index contributed by atoms with van der Waals surface area (Å²) in [7, 11) is 1.80. The van der Waals surface area contributed by atoms with Crippen LogP contribution in [0, 0.1) is 6.92 Å². The maximum atomic E-state index is 6.57. The third kappa shape index (κ3) is 3.43. The van der Waals surface area contributed by atoms with Crippen LogP contribution in [0.3, 0.4) is 0 Å². The van der Waals surface area contributed by atoms with E-state index in [0.29, 0.717) is 0 Å². The summed E-state index contributed by atoms with van der Waals surface area (Å²) in [4.78, 5) is 0. The minimum Gasteiger partial charge on any atom is -0.377 e. The summed E-state index contributed by atoms with van der Waals surface area (Å²) >= 11 is 6.42. The molecule has 1 aromatic heterocycles. The maximum Gasteiger partial charge on any atom is 0.0847 e. The van der Waals surface area contributed by atoms with E-state index in [9.17, 15) is 0 Å². The van der Waals surface area contributed by atoms with Gasteiger partial charge in [0.1, 0.15) is 0 Å². The average molecular weight is 314 g/mol. The molecule has 2 N–H and O–H groups in total. The predicted molar refractivity (Wildman–Crippen MR) is 86.8 cm³/mol. The summed E-state index contributed by atoms with van der Waals surface area (Å²) < 4.78 is 7.89. The van der Waals surface area contributed by atoms with Gasteiger partial charge in [-0.15, -0.1) is 0 Å². The van der Waals surface area contributed by atoms with Crippen LogP contribution in [0.1, 0.15) is 56.8 Å². The van der Waals surface area contributed by atoms with E-state index in [2.05, 4.69) is 12.0 Å². The Morgan fingerprint density at radius 1 is 1.33 bits per heavy atom. The topological polar surface area (TPSA) is 53.1 Å². The molecule has 1 heterocycles. The Balaban J connectivity index is 2.21. The molecule has 21 heavy (non-hydrogen) atoms. The zero-order valence-corrected chi connectivity index (χ0v) is 14.2. The van der Waals surface area contributed by atoms with Crippen molar-refractivity contribution in [3.8, 4) is 0 Å². The first-order valence-electron chi connectivity index (χ1n) is 8.06. The maximum absolute atomic E-state index is 6.57. The van der Waals surface area contributed by atoms with Gasteiger partial charge in [-0.3, -0.25) is 4.68 Å². The minimum absolute atomic E-state index is 0.0421. The highest BCUT2D eigenvalue weighted by atomic mass is 35.5. The van der Waals surface area contributed by atoms with Crippen molar-refractivity contribution in [2.24, 2.45) is 5.73 Å². The van der Waals surface area contributed by atoms with Crippen molar-refractivity contribution < 1.29 is 4.74 Å². The molecule has 1 aromatic rings. The van der Waals surface area contributed by atoms with Gasteiger partial charge >= 0.3 is 0 Å². The molecule has 0 aromatic carbocycles. The fourth-order valence-corrected chi connectivity index (χ4v) is 3.72.